The summed E-state index contributed by atoms with van der Waals surface area (Å²) in [6.45, 7) is 1.57. The molecule has 1 aromatic carbocycles. The van der Waals surface area contributed by atoms with Crippen molar-refractivity contribution >= 4 is 28.4 Å². The van der Waals surface area contributed by atoms with Crippen molar-refractivity contribution in [2.45, 2.75) is 31.3 Å². The Morgan fingerprint density at radius 2 is 2.14 bits per heavy atom. The average Bonchev–Trinajstić information content (AvgIpc) is 2.85. The van der Waals surface area contributed by atoms with E-state index in [0.717, 1.165) is 36.8 Å². The quantitative estimate of drug-likeness (QED) is 0.880. The number of aromatic nitrogens is 1. The van der Waals surface area contributed by atoms with E-state index in [-0.39, 0.29) is 5.91 Å². The molecule has 2 fully saturated rings. The van der Waals surface area contributed by atoms with Crippen molar-refractivity contribution < 1.29 is 4.79 Å². The molecule has 2 unspecified atom stereocenters. The fraction of sp³-hybridized carbons (Fsp3) is 0.412. The van der Waals surface area contributed by atoms with Crippen LogP contribution in [0.1, 0.15) is 29.6 Å². The van der Waals surface area contributed by atoms with Gasteiger partial charge in [0.15, 0.2) is 0 Å². The maximum Gasteiger partial charge on any atom is 0.256 e. The number of nitrogens with one attached hydrogen (secondary N) is 1. The van der Waals surface area contributed by atoms with E-state index in [1.165, 1.54) is 6.42 Å². The third-order valence-electron chi connectivity index (χ3n) is 4.71. The zero-order valence-electron chi connectivity index (χ0n) is 12.3. The molecule has 1 aromatic heterocycles. The van der Waals surface area contributed by atoms with Gasteiger partial charge >= 0.3 is 0 Å². The summed E-state index contributed by atoms with van der Waals surface area (Å²) in [7, 11) is 0. The lowest BCUT2D eigenvalue weighted by Gasteiger charge is -2.24. The summed E-state index contributed by atoms with van der Waals surface area (Å²) in [5, 5.41) is 5.09. The number of carbonyl (C=O) groups is 1. The fourth-order valence-corrected chi connectivity index (χ4v) is 3.84. The summed E-state index contributed by atoms with van der Waals surface area (Å²) in [6.07, 6.45) is 5.13. The van der Waals surface area contributed by atoms with E-state index in [1.807, 2.05) is 23.1 Å². The second-order valence-electron chi connectivity index (χ2n) is 6.21. The minimum absolute atomic E-state index is 0.0422. The van der Waals surface area contributed by atoms with Gasteiger partial charge in [-0.2, -0.15) is 0 Å². The number of amides is 1. The predicted octanol–water partition coefficient (Wildman–Crippen LogP) is 2.85. The van der Waals surface area contributed by atoms with Gasteiger partial charge < -0.3 is 10.2 Å². The molecule has 2 aromatic rings. The first kappa shape index (κ1) is 14.0. The van der Waals surface area contributed by atoms with Crippen LogP contribution in [0.15, 0.2) is 30.5 Å². The predicted molar refractivity (Wildman–Crippen MR) is 87.2 cm³/mol. The summed E-state index contributed by atoms with van der Waals surface area (Å²) in [5.41, 5.74) is 1.35. The standard InChI is InChI=1S/C17H18ClN3O/c18-12-8-11-2-1-6-19-16(11)15(9-12)17(22)21-7-5-13-3-4-14(10-21)20-13/h1-2,6,8-9,13-14,20H,3-5,7,10H2. The SMILES string of the molecule is O=C(c1cc(Cl)cc2cccnc12)N1CCC2CCC(C1)N2. The highest BCUT2D eigenvalue weighted by molar-refractivity contribution is 6.32. The first-order valence-corrected chi connectivity index (χ1v) is 8.18. The van der Waals surface area contributed by atoms with Crippen LogP contribution in [0.2, 0.25) is 5.02 Å². The van der Waals surface area contributed by atoms with Gasteiger partial charge in [0.1, 0.15) is 0 Å². The Morgan fingerprint density at radius 3 is 3.05 bits per heavy atom. The normalized spacial score (nSPS) is 24.5. The van der Waals surface area contributed by atoms with Crippen LogP contribution in [0, 0.1) is 0 Å². The number of nitrogens with zero attached hydrogens (tertiary/aromatic N) is 2. The van der Waals surface area contributed by atoms with E-state index < -0.39 is 0 Å². The second kappa shape index (κ2) is 5.52. The number of hydrogen-bond acceptors (Lipinski definition) is 3. The monoisotopic (exact) mass is 315 g/mol. The minimum Gasteiger partial charge on any atom is -0.337 e. The average molecular weight is 316 g/mol. The van der Waals surface area contributed by atoms with Crippen molar-refractivity contribution in [1.29, 1.82) is 0 Å². The number of benzene rings is 1. The van der Waals surface area contributed by atoms with E-state index in [4.69, 9.17) is 11.6 Å². The van der Waals surface area contributed by atoms with Crippen LogP contribution in [-0.4, -0.2) is 41.0 Å². The van der Waals surface area contributed by atoms with Crippen LogP contribution in [0.4, 0.5) is 0 Å². The molecule has 2 saturated heterocycles. The van der Waals surface area contributed by atoms with Gasteiger partial charge in [0.05, 0.1) is 11.1 Å². The number of pyridine rings is 1. The van der Waals surface area contributed by atoms with Gasteiger partial charge in [-0.05, 0) is 37.5 Å². The van der Waals surface area contributed by atoms with Crippen molar-refractivity contribution in [2.75, 3.05) is 13.1 Å². The lowest BCUT2D eigenvalue weighted by Crippen LogP contribution is -2.39. The molecular formula is C17H18ClN3O. The third-order valence-corrected chi connectivity index (χ3v) is 4.93. The van der Waals surface area contributed by atoms with Gasteiger partial charge in [-0.15, -0.1) is 0 Å². The minimum atomic E-state index is 0.0422. The van der Waals surface area contributed by atoms with Crippen LogP contribution < -0.4 is 5.32 Å². The Hall–Kier alpha value is -1.65. The lowest BCUT2D eigenvalue weighted by atomic mass is 10.1. The van der Waals surface area contributed by atoms with Gasteiger partial charge in [-0.25, -0.2) is 0 Å². The van der Waals surface area contributed by atoms with Gasteiger partial charge in [-0.1, -0.05) is 17.7 Å². The van der Waals surface area contributed by atoms with Gasteiger partial charge in [0, 0.05) is 41.8 Å². The molecule has 3 heterocycles. The van der Waals surface area contributed by atoms with Crippen LogP contribution in [-0.2, 0) is 0 Å². The topological polar surface area (TPSA) is 45.2 Å². The Kier molecular flexibility index (Phi) is 3.51. The van der Waals surface area contributed by atoms with Gasteiger partial charge in [0.2, 0.25) is 0 Å². The zero-order valence-corrected chi connectivity index (χ0v) is 13.0. The highest BCUT2D eigenvalue weighted by Crippen LogP contribution is 2.26. The van der Waals surface area contributed by atoms with Crippen LogP contribution >= 0.6 is 11.6 Å². The molecule has 0 spiro atoms. The zero-order chi connectivity index (χ0) is 15.1. The van der Waals surface area contributed by atoms with Gasteiger partial charge in [0.25, 0.3) is 5.91 Å². The highest BCUT2D eigenvalue weighted by atomic mass is 35.5. The van der Waals surface area contributed by atoms with E-state index in [9.17, 15) is 4.79 Å². The van der Waals surface area contributed by atoms with Crippen molar-refractivity contribution in [1.82, 2.24) is 15.2 Å². The summed E-state index contributed by atoms with van der Waals surface area (Å²) in [4.78, 5) is 19.3. The van der Waals surface area contributed by atoms with E-state index >= 15 is 0 Å². The smallest absolute Gasteiger partial charge is 0.256 e. The van der Waals surface area contributed by atoms with Crippen LogP contribution in [0.3, 0.4) is 0 Å². The van der Waals surface area contributed by atoms with Crippen molar-refractivity contribution in [3.63, 3.8) is 0 Å². The number of halogens is 1. The maximum absolute atomic E-state index is 13.0. The molecule has 1 amide bonds. The van der Waals surface area contributed by atoms with E-state index in [2.05, 4.69) is 10.3 Å². The number of likely N-dealkylation sites (tertiary alicyclic amines) is 1. The molecule has 2 aliphatic heterocycles. The van der Waals surface area contributed by atoms with E-state index in [1.54, 1.807) is 12.3 Å². The van der Waals surface area contributed by atoms with Crippen molar-refractivity contribution in [3.05, 3.63) is 41.0 Å². The molecule has 0 saturated carbocycles. The Balaban J connectivity index is 1.70. The summed E-state index contributed by atoms with van der Waals surface area (Å²) < 4.78 is 0. The molecule has 4 rings (SSSR count). The molecule has 2 atom stereocenters. The number of fused-ring (bicyclic) bond motifs is 3. The largest absolute Gasteiger partial charge is 0.337 e. The molecule has 1 N–H and O–H groups in total. The molecule has 5 heteroatoms. The van der Waals surface area contributed by atoms with Crippen LogP contribution in [0.5, 0.6) is 0 Å². The first-order valence-electron chi connectivity index (χ1n) is 7.80. The highest BCUT2D eigenvalue weighted by Gasteiger charge is 2.32. The lowest BCUT2D eigenvalue weighted by molar-refractivity contribution is 0.0750. The maximum atomic E-state index is 13.0. The number of carbonyl (C=O) groups excluding carboxylic acids is 1. The molecular weight excluding hydrogens is 298 g/mol. The number of rotatable bonds is 1. The summed E-state index contributed by atoms with van der Waals surface area (Å²) >= 11 is 6.19. The van der Waals surface area contributed by atoms with Crippen LogP contribution in [0.25, 0.3) is 10.9 Å². The first-order chi connectivity index (χ1) is 10.7. The number of hydrogen-bond donors (Lipinski definition) is 1. The molecule has 0 radical (unpaired) electrons. The van der Waals surface area contributed by atoms with Crippen molar-refractivity contribution in [3.8, 4) is 0 Å². The van der Waals surface area contributed by atoms with Gasteiger partial charge in [-0.3, -0.25) is 9.78 Å². The molecule has 22 heavy (non-hydrogen) atoms. The summed E-state index contributed by atoms with van der Waals surface area (Å²) in [5.74, 6) is 0.0422. The molecule has 114 valence electrons. The Labute approximate surface area is 134 Å². The second-order valence-corrected chi connectivity index (χ2v) is 6.64. The molecule has 0 aliphatic carbocycles. The molecule has 4 nitrogen and oxygen atoms in total. The molecule has 2 bridgehead atoms. The summed E-state index contributed by atoms with van der Waals surface area (Å²) in [6, 6.07) is 8.40. The third kappa shape index (κ3) is 2.46. The Morgan fingerprint density at radius 1 is 1.27 bits per heavy atom. The molecule has 2 aliphatic rings. The van der Waals surface area contributed by atoms with Crippen molar-refractivity contribution in [2.24, 2.45) is 0 Å². The fourth-order valence-electron chi connectivity index (χ4n) is 3.62. The Bertz CT molecular complexity index is 733. The van der Waals surface area contributed by atoms with E-state index in [0.29, 0.717) is 22.7 Å².